The van der Waals surface area contributed by atoms with Crippen LogP contribution in [0.2, 0.25) is 5.02 Å². The zero-order valence-electron chi connectivity index (χ0n) is 11.4. The highest BCUT2D eigenvalue weighted by Crippen LogP contribution is 2.21. The molecule has 1 heterocycles. The van der Waals surface area contributed by atoms with Gasteiger partial charge in [0.15, 0.2) is 0 Å². The van der Waals surface area contributed by atoms with Crippen LogP contribution in [0.5, 0.6) is 0 Å². The maximum atomic E-state index is 12.2. The third-order valence-corrected chi connectivity index (χ3v) is 3.39. The summed E-state index contributed by atoms with van der Waals surface area (Å²) in [5.41, 5.74) is 4.37. The standard InChI is InChI=1S/C13H13ClN4O3/c1-17-10(15)9(12(20)18(2)13(17)21)11(19)16-8-6-4-3-5-7(8)14/h3-6H,15H2,1-2H3,(H,16,19). The predicted octanol–water partition coefficient (Wildman–Crippen LogP) is 0.572. The number of hydrogen-bond acceptors (Lipinski definition) is 4. The highest BCUT2D eigenvalue weighted by Gasteiger charge is 2.20. The second-order valence-corrected chi connectivity index (χ2v) is 4.81. The second-order valence-electron chi connectivity index (χ2n) is 4.40. The second kappa shape index (κ2) is 5.45. The summed E-state index contributed by atoms with van der Waals surface area (Å²) in [4.78, 5) is 36.0. The minimum absolute atomic E-state index is 0.201. The molecule has 1 aromatic carbocycles. The van der Waals surface area contributed by atoms with Crippen LogP contribution in [0, 0.1) is 0 Å². The van der Waals surface area contributed by atoms with Gasteiger partial charge in [-0.05, 0) is 12.1 Å². The summed E-state index contributed by atoms with van der Waals surface area (Å²) in [6, 6.07) is 6.57. The van der Waals surface area contributed by atoms with Gasteiger partial charge in [-0.25, -0.2) is 4.79 Å². The largest absolute Gasteiger partial charge is 0.384 e. The van der Waals surface area contributed by atoms with E-state index in [9.17, 15) is 14.4 Å². The molecule has 0 atom stereocenters. The van der Waals surface area contributed by atoms with E-state index in [0.29, 0.717) is 10.7 Å². The number of para-hydroxylation sites is 1. The van der Waals surface area contributed by atoms with Crippen molar-refractivity contribution < 1.29 is 4.79 Å². The number of nitrogens with one attached hydrogen (secondary N) is 1. The van der Waals surface area contributed by atoms with E-state index in [0.717, 1.165) is 9.13 Å². The summed E-state index contributed by atoms with van der Waals surface area (Å²) < 4.78 is 1.85. The topological polar surface area (TPSA) is 99.1 Å². The van der Waals surface area contributed by atoms with Crippen molar-refractivity contribution in [2.45, 2.75) is 0 Å². The van der Waals surface area contributed by atoms with Gasteiger partial charge in [0.1, 0.15) is 11.4 Å². The summed E-state index contributed by atoms with van der Waals surface area (Å²) >= 11 is 5.94. The maximum absolute atomic E-state index is 12.2. The Bertz CT molecular complexity index is 838. The van der Waals surface area contributed by atoms with Crippen LogP contribution in [0.15, 0.2) is 33.9 Å². The minimum Gasteiger partial charge on any atom is -0.384 e. The van der Waals surface area contributed by atoms with Crippen LogP contribution in [0.4, 0.5) is 11.5 Å². The zero-order valence-corrected chi connectivity index (χ0v) is 12.1. The van der Waals surface area contributed by atoms with Crippen LogP contribution in [0.25, 0.3) is 0 Å². The van der Waals surface area contributed by atoms with Crippen molar-refractivity contribution in [1.82, 2.24) is 9.13 Å². The molecule has 0 unspecified atom stereocenters. The summed E-state index contributed by atoms with van der Waals surface area (Å²) in [5.74, 6) is -0.926. The molecule has 1 aromatic heterocycles. The number of carbonyl (C=O) groups excluding carboxylic acids is 1. The quantitative estimate of drug-likeness (QED) is 0.847. The first-order valence-electron chi connectivity index (χ1n) is 5.96. The van der Waals surface area contributed by atoms with Crippen molar-refractivity contribution in [3.8, 4) is 0 Å². The Labute approximate surface area is 124 Å². The van der Waals surface area contributed by atoms with Crippen LogP contribution in [0.3, 0.4) is 0 Å². The first-order valence-corrected chi connectivity index (χ1v) is 6.33. The molecule has 1 amide bonds. The minimum atomic E-state index is -0.764. The fourth-order valence-electron chi connectivity index (χ4n) is 1.82. The lowest BCUT2D eigenvalue weighted by Gasteiger charge is -2.12. The van der Waals surface area contributed by atoms with Gasteiger partial charge in [-0.15, -0.1) is 0 Å². The molecule has 0 spiro atoms. The van der Waals surface area contributed by atoms with Crippen LogP contribution < -0.4 is 22.3 Å². The van der Waals surface area contributed by atoms with E-state index in [4.69, 9.17) is 17.3 Å². The Morgan fingerprint density at radius 2 is 1.81 bits per heavy atom. The van der Waals surface area contributed by atoms with Gasteiger partial charge in [-0.1, -0.05) is 23.7 Å². The monoisotopic (exact) mass is 308 g/mol. The number of amides is 1. The molecule has 110 valence electrons. The van der Waals surface area contributed by atoms with Crippen LogP contribution in [-0.4, -0.2) is 15.0 Å². The van der Waals surface area contributed by atoms with Gasteiger partial charge in [0.05, 0.1) is 10.7 Å². The van der Waals surface area contributed by atoms with E-state index in [1.807, 2.05) is 0 Å². The summed E-state index contributed by atoms with van der Waals surface area (Å²) in [6.45, 7) is 0. The third kappa shape index (κ3) is 2.55. The van der Waals surface area contributed by atoms with E-state index in [2.05, 4.69) is 5.32 Å². The predicted molar refractivity (Wildman–Crippen MR) is 80.7 cm³/mol. The number of nitrogens with two attached hydrogens (primary N) is 1. The van der Waals surface area contributed by atoms with E-state index >= 15 is 0 Å². The van der Waals surface area contributed by atoms with Gasteiger partial charge < -0.3 is 11.1 Å². The number of benzene rings is 1. The number of nitrogen functional groups attached to an aromatic ring is 1. The molecule has 0 aliphatic rings. The van der Waals surface area contributed by atoms with Crippen LogP contribution in [-0.2, 0) is 14.1 Å². The molecular formula is C13H13ClN4O3. The Hall–Kier alpha value is -2.54. The van der Waals surface area contributed by atoms with Crippen molar-refractivity contribution in [1.29, 1.82) is 0 Å². The van der Waals surface area contributed by atoms with Crippen molar-refractivity contribution in [3.63, 3.8) is 0 Å². The van der Waals surface area contributed by atoms with Crippen molar-refractivity contribution in [2.75, 3.05) is 11.1 Å². The summed E-state index contributed by atoms with van der Waals surface area (Å²) in [5, 5.41) is 2.83. The van der Waals surface area contributed by atoms with Crippen molar-refractivity contribution >= 4 is 29.0 Å². The van der Waals surface area contributed by atoms with Gasteiger partial charge in [-0.2, -0.15) is 0 Å². The fraction of sp³-hybridized carbons (Fsp3) is 0.154. The van der Waals surface area contributed by atoms with Gasteiger partial charge in [0, 0.05) is 14.1 Å². The van der Waals surface area contributed by atoms with Crippen LogP contribution in [0.1, 0.15) is 10.4 Å². The van der Waals surface area contributed by atoms with E-state index in [-0.39, 0.29) is 11.4 Å². The summed E-state index contributed by atoms with van der Waals surface area (Å²) in [7, 11) is 2.65. The van der Waals surface area contributed by atoms with Crippen molar-refractivity contribution in [3.05, 3.63) is 55.7 Å². The average molecular weight is 309 g/mol. The molecule has 0 saturated heterocycles. The van der Waals surface area contributed by atoms with E-state index in [1.165, 1.54) is 14.1 Å². The number of hydrogen-bond donors (Lipinski definition) is 2. The zero-order chi connectivity index (χ0) is 15.7. The molecule has 0 fully saturated rings. The smallest absolute Gasteiger partial charge is 0.332 e. The number of nitrogens with zero attached hydrogens (tertiary/aromatic N) is 2. The van der Waals surface area contributed by atoms with Crippen molar-refractivity contribution in [2.24, 2.45) is 14.1 Å². The number of carbonyl (C=O) groups is 1. The highest BCUT2D eigenvalue weighted by molar-refractivity contribution is 6.33. The summed E-state index contributed by atoms with van der Waals surface area (Å²) in [6.07, 6.45) is 0. The number of halogens is 1. The van der Waals surface area contributed by atoms with Gasteiger partial charge >= 0.3 is 5.69 Å². The molecule has 3 N–H and O–H groups in total. The molecular weight excluding hydrogens is 296 g/mol. The first-order chi connectivity index (χ1) is 9.84. The number of anilines is 2. The van der Waals surface area contributed by atoms with Gasteiger partial charge in [0.2, 0.25) is 0 Å². The number of rotatable bonds is 2. The number of aromatic nitrogens is 2. The third-order valence-electron chi connectivity index (χ3n) is 3.06. The van der Waals surface area contributed by atoms with E-state index in [1.54, 1.807) is 24.3 Å². The fourth-order valence-corrected chi connectivity index (χ4v) is 2.00. The molecule has 0 saturated carbocycles. The molecule has 0 radical (unpaired) electrons. The first kappa shape index (κ1) is 14.9. The molecule has 2 rings (SSSR count). The maximum Gasteiger partial charge on any atom is 0.332 e. The average Bonchev–Trinajstić information content (AvgIpc) is 2.46. The van der Waals surface area contributed by atoms with Crippen LogP contribution >= 0.6 is 11.6 Å². The molecule has 7 nitrogen and oxygen atoms in total. The molecule has 0 bridgehead atoms. The normalized spacial score (nSPS) is 10.4. The molecule has 21 heavy (non-hydrogen) atoms. The lowest BCUT2D eigenvalue weighted by Crippen LogP contribution is -2.42. The Kier molecular flexibility index (Phi) is 3.86. The van der Waals surface area contributed by atoms with Gasteiger partial charge in [0.25, 0.3) is 11.5 Å². The van der Waals surface area contributed by atoms with Gasteiger partial charge in [-0.3, -0.25) is 18.7 Å². The lowest BCUT2D eigenvalue weighted by atomic mass is 10.2. The lowest BCUT2D eigenvalue weighted by molar-refractivity contribution is 0.102. The van der Waals surface area contributed by atoms with E-state index < -0.39 is 17.2 Å². The SMILES string of the molecule is Cn1c(N)c(C(=O)Nc2ccccc2Cl)c(=O)n(C)c1=O. The molecule has 0 aliphatic carbocycles. The molecule has 8 heteroatoms. The Morgan fingerprint density at radius 1 is 1.19 bits per heavy atom. The Morgan fingerprint density at radius 3 is 2.43 bits per heavy atom. The Balaban J connectivity index is 2.53. The molecule has 2 aromatic rings. The highest BCUT2D eigenvalue weighted by atomic mass is 35.5. The molecule has 0 aliphatic heterocycles.